The Morgan fingerprint density at radius 2 is 2.42 bits per heavy atom. The Bertz CT molecular complexity index is 273. The third-order valence-electron chi connectivity index (χ3n) is 1.19. The van der Waals surface area contributed by atoms with Gasteiger partial charge in [-0.1, -0.05) is 0 Å². The summed E-state index contributed by atoms with van der Waals surface area (Å²) < 4.78 is 25.0. The van der Waals surface area contributed by atoms with Crippen LogP contribution in [0.1, 0.15) is 4.88 Å². The molecule has 0 saturated heterocycles. The summed E-state index contributed by atoms with van der Waals surface area (Å²) in [5.41, 5.74) is 1.38. The van der Waals surface area contributed by atoms with E-state index in [-0.39, 0.29) is 4.88 Å². The van der Waals surface area contributed by atoms with Gasteiger partial charge in [0.05, 0.1) is 11.9 Å². The maximum Gasteiger partial charge on any atom is 0.374 e. The van der Waals surface area contributed by atoms with Crippen molar-refractivity contribution in [3.63, 3.8) is 0 Å². The van der Waals surface area contributed by atoms with Gasteiger partial charge >= 0.3 is 11.9 Å². The molecule has 0 unspecified atom stereocenters. The molecule has 12 heavy (non-hydrogen) atoms. The van der Waals surface area contributed by atoms with Crippen LogP contribution in [0, 0.1) is 0 Å². The molecule has 0 fully saturated rings. The number of rotatable bonds is 3. The van der Waals surface area contributed by atoms with Crippen molar-refractivity contribution in [3.8, 4) is 0 Å². The van der Waals surface area contributed by atoms with Gasteiger partial charge in [-0.2, -0.15) is 8.78 Å². The highest BCUT2D eigenvalue weighted by atomic mass is 32.1. The van der Waals surface area contributed by atoms with E-state index < -0.39 is 18.3 Å². The lowest BCUT2D eigenvalue weighted by Gasteiger charge is -2.07. The van der Waals surface area contributed by atoms with Crippen LogP contribution >= 0.6 is 11.3 Å². The zero-order chi connectivity index (χ0) is 9.19. The summed E-state index contributed by atoms with van der Waals surface area (Å²) in [6.45, 7) is 0. The minimum Gasteiger partial charge on any atom is -0.477 e. The highest BCUT2D eigenvalue weighted by Gasteiger charge is 2.39. The van der Waals surface area contributed by atoms with Crippen molar-refractivity contribution in [2.24, 2.45) is 0 Å². The Hall–Kier alpha value is -1.04. The first-order valence-electron chi connectivity index (χ1n) is 3.01. The first kappa shape index (κ1) is 9.05. The Balaban J connectivity index is 2.69. The van der Waals surface area contributed by atoms with E-state index in [0.717, 1.165) is 11.3 Å². The molecule has 0 amide bonds. The summed E-state index contributed by atoms with van der Waals surface area (Å²) in [5, 5.41) is 8.07. The van der Waals surface area contributed by atoms with Crippen molar-refractivity contribution in [3.05, 3.63) is 16.6 Å². The molecule has 0 spiro atoms. The average Bonchev–Trinajstić information content (AvgIpc) is 2.38. The molecule has 0 aliphatic heterocycles. The highest BCUT2D eigenvalue weighted by Crippen LogP contribution is 2.21. The summed E-state index contributed by atoms with van der Waals surface area (Å²) in [6.07, 6.45) is 0.453. The summed E-state index contributed by atoms with van der Waals surface area (Å²) in [7, 11) is 0. The first-order valence-corrected chi connectivity index (χ1v) is 3.89. The predicted octanol–water partition coefficient (Wildman–Crippen LogP) is 1.41. The molecule has 0 aliphatic carbocycles. The largest absolute Gasteiger partial charge is 0.477 e. The Kier molecular flexibility index (Phi) is 2.37. The van der Waals surface area contributed by atoms with Gasteiger partial charge in [-0.15, -0.1) is 11.3 Å². The molecule has 6 heteroatoms. The van der Waals surface area contributed by atoms with Crippen LogP contribution in [0.5, 0.6) is 0 Å². The molecule has 0 atom stereocenters. The molecule has 0 aliphatic rings. The zero-order valence-corrected chi connectivity index (χ0v) is 6.65. The number of alkyl halides is 2. The van der Waals surface area contributed by atoms with Crippen LogP contribution in [0.15, 0.2) is 11.7 Å². The van der Waals surface area contributed by atoms with Crippen LogP contribution in [0.2, 0.25) is 0 Å². The predicted molar refractivity (Wildman–Crippen MR) is 38.4 cm³/mol. The van der Waals surface area contributed by atoms with E-state index in [2.05, 4.69) is 4.98 Å². The number of hydrogen-bond donors (Lipinski definition) is 1. The number of carboxylic acid groups (broad SMARTS) is 1. The van der Waals surface area contributed by atoms with Gasteiger partial charge in [0.1, 0.15) is 0 Å². The summed E-state index contributed by atoms with van der Waals surface area (Å²) in [6, 6.07) is 0. The van der Waals surface area contributed by atoms with E-state index in [9.17, 15) is 13.6 Å². The van der Waals surface area contributed by atoms with Gasteiger partial charge in [-0.25, -0.2) is 4.79 Å². The normalized spacial score (nSPS) is 11.5. The first-order chi connectivity index (χ1) is 5.52. The molecule has 1 aromatic heterocycles. The maximum absolute atomic E-state index is 12.5. The lowest BCUT2D eigenvalue weighted by molar-refractivity contribution is -0.164. The number of thiazole rings is 1. The molecule has 1 N–H and O–H groups in total. The Labute approximate surface area is 70.7 Å². The number of carbonyl (C=O) groups is 1. The molecule has 0 bridgehead atoms. The second-order valence-electron chi connectivity index (χ2n) is 2.15. The number of aromatic nitrogens is 1. The van der Waals surface area contributed by atoms with Crippen molar-refractivity contribution >= 4 is 17.3 Å². The van der Waals surface area contributed by atoms with Crippen molar-refractivity contribution in [2.45, 2.75) is 12.3 Å². The average molecular weight is 193 g/mol. The molecule has 0 radical (unpaired) electrons. The smallest absolute Gasteiger partial charge is 0.374 e. The van der Waals surface area contributed by atoms with Crippen LogP contribution in [0.3, 0.4) is 0 Å². The third-order valence-corrected chi connectivity index (χ3v) is 1.97. The Morgan fingerprint density at radius 1 is 1.75 bits per heavy atom. The standard InChI is InChI=1S/C6H5F2NO2S/c7-6(8,5(10)11)1-4-2-9-3-12-4/h2-3H,1H2,(H,10,11). The monoisotopic (exact) mass is 193 g/mol. The third kappa shape index (κ3) is 1.97. The fourth-order valence-electron chi connectivity index (χ4n) is 0.624. The molecule has 0 aromatic carbocycles. The van der Waals surface area contributed by atoms with Gasteiger partial charge in [0.15, 0.2) is 0 Å². The van der Waals surface area contributed by atoms with Crippen LogP contribution in [-0.2, 0) is 11.2 Å². The van der Waals surface area contributed by atoms with Crippen molar-refractivity contribution in [1.82, 2.24) is 4.98 Å². The summed E-state index contributed by atoms with van der Waals surface area (Å²) in [5.74, 6) is -5.79. The quantitative estimate of drug-likeness (QED) is 0.789. The number of hydrogen-bond acceptors (Lipinski definition) is 3. The second kappa shape index (κ2) is 3.14. The highest BCUT2D eigenvalue weighted by molar-refractivity contribution is 7.09. The molecule has 1 heterocycles. The molecular weight excluding hydrogens is 188 g/mol. The molecule has 0 saturated carbocycles. The van der Waals surface area contributed by atoms with Crippen LogP contribution in [0.25, 0.3) is 0 Å². The van der Waals surface area contributed by atoms with E-state index in [1.807, 2.05) is 0 Å². The number of halogens is 2. The minimum atomic E-state index is -3.69. The number of aliphatic carboxylic acids is 1. The molecule has 66 valence electrons. The minimum absolute atomic E-state index is 0.266. The van der Waals surface area contributed by atoms with Gasteiger partial charge in [-0.05, 0) is 0 Å². The lowest BCUT2D eigenvalue weighted by Crippen LogP contribution is -2.30. The van der Waals surface area contributed by atoms with Gasteiger partial charge in [0, 0.05) is 11.1 Å². The van der Waals surface area contributed by atoms with Gasteiger partial charge in [0.25, 0.3) is 0 Å². The van der Waals surface area contributed by atoms with Gasteiger partial charge in [0.2, 0.25) is 0 Å². The SMILES string of the molecule is O=C(O)C(F)(F)Cc1cncs1. The lowest BCUT2D eigenvalue weighted by atomic mass is 10.2. The fourth-order valence-corrected chi connectivity index (χ4v) is 1.27. The molecule has 3 nitrogen and oxygen atoms in total. The van der Waals surface area contributed by atoms with Crippen LogP contribution < -0.4 is 0 Å². The number of carboxylic acids is 1. The summed E-state index contributed by atoms with van der Waals surface area (Å²) in [4.78, 5) is 13.8. The van der Waals surface area contributed by atoms with Crippen LogP contribution in [0.4, 0.5) is 8.78 Å². The Morgan fingerprint density at radius 3 is 2.83 bits per heavy atom. The van der Waals surface area contributed by atoms with E-state index in [0.29, 0.717) is 0 Å². The van der Waals surface area contributed by atoms with Gasteiger partial charge in [-0.3, -0.25) is 4.98 Å². The molecular formula is C6H5F2NO2S. The molecule has 1 rings (SSSR count). The molecule has 1 aromatic rings. The van der Waals surface area contributed by atoms with E-state index in [4.69, 9.17) is 5.11 Å². The van der Waals surface area contributed by atoms with Crippen molar-refractivity contribution in [2.75, 3.05) is 0 Å². The van der Waals surface area contributed by atoms with E-state index in [1.165, 1.54) is 11.7 Å². The fraction of sp³-hybridized carbons (Fsp3) is 0.333. The topological polar surface area (TPSA) is 50.2 Å². The summed E-state index contributed by atoms with van der Waals surface area (Å²) >= 11 is 1.01. The van der Waals surface area contributed by atoms with Crippen LogP contribution in [-0.4, -0.2) is 22.0 Å². The zero-order valence-electron chi connectivity index (χ0n) is 5.83. The van der Waals surface area contributed by atoms with E-state index >= 15 is 0 Å². The number of nitrogens with zero attached hydrogens (tertiary/aromatic N) is 1. The maximum atomic E-state index is 12.5. The second-order valence-corrected chi connectivity index (χ2v) is 3.13. The van der Waals surface area contributed by atoms with Gasteiger partial charge < -0.3 is 5.11 Å². The van der Waals surface area contributed by atoms with E-state index in [1.54, 1.807) is 0 Å². The van der Waals surface area contributed by atoms with Crippen molar-refractivity contribution in [1.29, 1.82) is 0 Å². The van der Waals surface area contributed by atoms with Crippen molar-refractivity contribution < 1.29 is 18.7 Å².